The Morgan fingerprint density at radius 1 is 0.882 bits per heavy atom. The van der Waals surface area contributed by atoms with Gasteiger partial charge in [0.15, 0.2) is 0 Å². The van der Waals surface area contributed by atoms with Crippen LogP contribution in [0.4, 0.5) is 0 Å². The van der Waals surface area contributed by atoms with Crippen molar-refractivity contribution in [1.29, 1.82) is 0 Å². The monoisotopic (exact) mass is 235 g/mol. The van der Waals surface area contributed by atoms with Crippen molar-refractivity contribution in [3.8, 4) is 0 Å². The van der Waals surface area contributed by atoms with Gasteiger partial charge in [0.2, 0.25) is 0 Å². The van der Waals surface area contributed by atoms with Crippen molar-refractivity contribution >= 4 is 0 Å². The lowest BCUT2D eigenvalue weighted by Crippen LogP contribution is -2.37. The van der Waals surface area contributed by atoms with E-state index in [2.05, 4.69) is 12.2 Å². The van der Waals surface area contributed by atoms with Gasteiger partial charge in [-0.05, 0) is 81.6 Å². The van der Waals surface area contributed by atoms with Crippen molar-refractivity contribution in [2.75, 3.05) is 6.54 Å². The molecule has 0 bridgehead atoms. The SMILES string of the molecule is CCC1CCC(NCC(C2CC2)C2CC2)CC1. The maximum Gasteiger partial charge on any atom is 0.00673 e. The van der Waals surface area contributed by atoms with Crippen LogP contribution in [0.1, 0.15) is 64.7 Å². The Balaban J connectivity index is 1.38. The van der Waals surface area contributed by atoms with Crippen LogP contribution in [0.15, 0.2) is 0 Å². The molecule has 3 aliphatic carbocycles. The van der Waals surface area contributed by atoms with E-state index in [0.717, 1.165) is 29.7 Å². The molecule has 0 heterocycles. The fraction of sp³-hybridized carbons (Fsp3) is 1.00. The molecular weight excluding hydrogens is 206 g/mol. The average molecular weight is 235 g/mol. The van der Waals surface area contributed by atoms with Gasteiger partial charge in [0.05, 0.1) is 0 Å². The van der Waals surface area contributed by atoms with E-state index in [0.29, 0.717) is 0 Å². The topological polar surface area (TPSA) is 12.0 Å². The van der Waals surface area contributed by atoms with E-state index >= 15 is 0 Å². The molecule has 0 unspecified atom stereocenters. The fourth-order valence-electron chi connectivity index (χ4n) is 3.84. The first-order chi connectivity index (χ1) is 8.36. The Morgan fingerprint density at radius 3 is 1.94 bits per heavy atom. The van der Waals surface area contributed by atoms with Gasteiger partial charge in [-0.25, -0.2) is 0 Å². The first kappa shape index (κ1) is 12.0. The Morgan fingerprint density at radius 2 is 1.47 bits per heavy atom. The van der Waals surface area contributed by atoms with Gasteiger partial charge in [-0.3, -0.25) is 0 Å². The van der Waals surface area contributed by atoms with Crippen LogP contribution in [0.2, 0.25) is 0 Å². The molecule has 17 heavy (non-hydrogen) atoms. The van der Waals surface area contributed by atoms with Crippen LogP contribution < -0.4 is 5.32 Å². The molecule has 1 heteroatoms. The maximum absolute atomic E-state index is 3.91. The molecule has 0 aromatic rings. The first-order valence-electron chi connectivity index (χ1n) is 8.10. The van der Waals surface area contributed by atoms with Crippen molar-refractivity contribution in [2.24, 2.45) is 23.7 Å². The van der Waals surface area contributed by atoms with Crippen LogP contribution in [0.3, 0.4) is 0 Å². The van der Waals surface area contributed by atoms with E-state index in [1.807, 2.05) is 0 Å². The highest BCUT2D eigenvalue weighted by Gasteiger charge is 2.41. The van der Waals surface area contributed by atoms with Gasteiger partial charge < -0.3 is 5.32 Å². The average Bonchev–Trinajstić information content (AvgIpc) is 3.24. The molecule has 1 N–H and O–H groups in total. The van der Waals surface area contributed by atoms with E-state index in [4.69, 9.17) is 0 Å². The molecule has 0 atom stereocenters. The molecule has 0 amide bonds. The van der Waals surface area contributed by atoms with Crippen molar-refractivity contribution in [1.82, 2.24) is 5.32 Å². The lowest BCUT2D eigenvalue weighted by molar-refractivity contribution is 0.265. The molecule has 0 aromatic carbocycles. The Kier molecular flexibility index (Phi) is 3.75. The smallest absolute Gasteiger partial charge is 0.00673 e. The van der Waals surface area contributed by atoms with E-state index in [1.54, 1.807) is 0 Å². The minimum atomic E-state index is 0.859. The molecule has 0 saturated heterocycles. The molecule has 0 spiro atoms. The van der Waals surface area contributed by atoms with Crippen molar-refractivity contribution in [2.45, 2.75) is 70.8 Å². The summed E-state index contributed by atoms with van der Waals surface area (Å²) in [4.78, 5) is 0. The third-order valence-corrected chi connectivity index (χ3v) is 5.52. The lowest BCUT2D eigenvalue weighted by atomic mass is 9.84. The van der Waals surface area contributed by atoms with Gasteiger partial charge >= 0.3 is 0 Å². The summed E-state index contributed by atoms with van der Waals surface area (Å²) in [7, 11) is 0. The van der Waals surface area contributed by atoms with Crippen LogP contribution in [-0.2, 0) is 0 Å². The second-order valence-electron chi connectivity index (χ2n) is 6.87. The first-order valence-corrected chi connectivity index (χ1v) is 8.10. The zero-order valence-corrected chi connectivity index (χ0v) is 11.5. The van der Waals surface area contributed by atoms with Crippen LogP contribution in [0.5, 0.6) is 0 Å². The summed E-state index contributed by atoms with van der Waals surface area (Å²) in [5.41, 5.74) is 0. The maximum atomic E-state index is 3.91. The summed E-state index contributed by atoms with van der Waals surface area (Å²) in [6, 6.07) is 0.859. The van der Waals surface area contributed by atoms with E-state index in [1.165, 1.54) is 64.3 Å². The van der Waals surface area contributed by atoms with Gasteiger partial charge in [0, 0.05) is 6.04 Å². The van der Waals surface area contributed by atoms with Gasteiger partial charge in [-0.1, -0.05) is 13.3 Å². The third kappa shape index (κ3) is 3.24. The second-order valence-corrected chi connectivity index (χ2v) is 6.87. The Bertz CT molecular complexity index is 222. The van der Waals surface area contributed by atoms with E-state index in [-0.39, 0.29) is 0 Å². The minimum Gasteiger partial charge on any atom is -0.314 e. The fourth-order valence-corrected chi connectivity index (χ4v) is 3.84. The molecule has 0 aliphatic heterocycles. The Hall–Kier alpha value is -0.0400. The zero-order valence-electron chi connectivity index (χ0n) is 11.5. The number of rotatable bonds is 6. The minimum absolute atomic E-state index is 0.859. The van der Waals surface area contributed by atoms with Crippen LogP contribution in [-0.4, -0.2) is 12.6 Å². The van der Waals surface area contributed by atoms with Gasteiger partial charge in [-0.2, -0.15) is 0 Å². The molecule has 3 saturated carbocycles. The summed E-state index contributed by atoms with van der Waals surface area (Å²) in [6.45, 7) is 3.70. The predicted octanol–water partition coefficient (Wildman–Crippen LogP) is 3.98. The van der Waals surface area contributed by atoms with Crippen LogP contribution in [0, 0.1) is 23.7 Å². The van der Waals surface area contributed by atoms with Gasteiger partial charge in [-0.15, -0.1) is 0 Å². The van der Waals surface area contributed by atoms with E-state index < -0.39 is 0 Å². The van der Waals surface area contributed by atoms with Crippen molar-refractivity contribution in [3.05, 3.63) is 0 Å². The lowest BCUT2D eigenvalue weighted by Gasteiger charge is -2.30. The molecule has 98 valence electrons. The largest absolute Gasteiger partial charge is 0.314 e. The van der Waals surface area contributed by atoms with Crippen molar-refractivity contribution < 1.29 is 0 Å². The molecular formula is C16H29N. The standard InChI is InChI=1S/C16H29N/c1-2-12-3-9-15(10-4-12)17-11-16(13-5-6-13)14-7-8-14/h12-17H,2-11H2,1H3. The van der Waals surface area contributed by atoms with E-state index in [9.17, 15) is 0 Å². The second kappa shape index (κ2) is 5.30. The number of hydrogen-bond acceptors (Lipinski definition) is 1. The van der Waals surface area contributed by atoms with Gasteiger partial charge in [0.1, 0.15) is 0 Å². The quantitative estimate of drug-likeness (QED) is 0.734. The highest BCUT2D eigenvalue weighted by Crippen LogP contribution is 2.48. The summed E-state index contributed by atoms with van der Waals surface area (Å²) in [6.07, 6.45) is 13.4. The zero-order chi connectivity index (χ0) is 11.7. The number of hydrogen-bond donors (Lipinski definition) is 1. The van der Waals surface area contributed by atoms with Crippen molar-refractivity contribution in [3.63, 3.8) is 0 Å². The summed E-state index contributed by atoms with van der Waals surface area (Å²) < 4.78 is 0. The third-order valence-electron chi connectivity index (χ3n) is 5.52. The molecule has 3 aliphatic rings. The molecule has 3 fully saturated rings. The summed E-state index contributed by atoms with van der Waals surface area (Å²) in [5.74, 6) is 4.32. The van der Waals surface area contributed by atoms with Crippen LogP contribution in [0.25, 0.3) is 0 Å². The normalized spacial score (nSPS) is 34.2. The molecule has 1 nitrogen and oxygen atoms in total. The molecule has 0 radical (unpaired) electrons. The van der Waals surface area contributed by atoms with Crippen LogP contribution >= 0.6 is 0 Å². The van der Waals surface area contributed by atoms with Gasteiger partial charge in [0.25, 0.3) is 0 Å². The summed E-state index contributed by atoms with van der Waals surface area (Å²) >= 11 is 0. The molecule has 0 aromatic heterocycles. The number of nitrogens with one attached hydrogen (secondary N) is 1. The highest BCUT2D eigenvalue weighted by atomic mass is 14.9. The predicted molar refractivity (Wildman–Crippen MR) is 73.0 cm³/mol. The molecule has 3 rings (SSSR count). The Labute approximate surface area is 107 Å². The highest BCUT2D eigenvalue weighted by molar-refractivity contribution is 4.93. The summed E-state index contributed by atoms with van der Waals surface area (Å²) in [5, 5.41) is 3.91.